The second-order valence-corrected chi connectivity index (χ2v) is 5.59. The molecule has 0 aliphatic carbocycles. The maximum absolute atomic E-state index is 12.5. The first-order chi connectivity index (χ1) is 10.3. The van der Waals surface area contributed by atoms with Gasteiger partial charge in [0.15, 0.2) is 11.4 Å². The number of anilines is 1. The van der Waals surface area contributed by atoms with Gasteiger partial charge in [-0.15, -0.1) is 11.6 Å². The average molecular weight is 326 g/mol. The highest BCUT2D eigenvalue weighted by atomic mass is 35.5. The fourth-order valence-electron chi connectivity index (χ4n) is 2.17. The largest absolute Gasteiger partial charge is 0.476 e. The molecule has 1 aromatic rings. The van der Waals surface area contributed by atoms with Crippen molar-refractivity contribution in [1.82, 2.24) is 0 Å². The van der Waals surface area contributed by atoms with Crippen LogP contribution in [0.5, 0.6) is 5.75 Å². The number of ether oxygens (including phenoxy) is 2. The Morgan fingerprint density at radius 1 is 1.36 bits per heavy atom. The fraction of sp³-hybridized carbons (Fsp3) is 0.400. The first-order valence-electron chi connectivity index (χ1n) is 6.61. The minimum atomic E-state index is -1.11. The summed E-state index contributed by atoms with van der Waals surface area (Å²) in [5, 5.41) is 0. The molecule has 22 heavy (non-hydrogen) atoms. The minimum Gasteiger partial charge on any atom is -0.476 e. The molecule has 1 aliphatic rings. The molecule has 1 aliphatic heterocycles. The molecule has 0 spiro atoms. The molecule has 0 fully saturated rings. The highest BCUT2D eigenvalue weighted by molar-refractivity contribution is 6.30. The third-order valence-electron chi connectivity index (χ3n) is 3.33. The summed E-state index contributed by atoms with van der Waals surface area (Å²) < 4.78 is 10.3. The van der Waals surface area contributed by atoms with Gasteiger partial charge in [-0.3, -0.25) is 19.3 Å². The molecule has 0 aromatic heterocycles. The highest BCUT2D eigenvalue weighted by Crippen LogP contribution is 2.38. The maximum atomic E-state index is 12.5. The number of carbonyl (C=O) groups excluding carboxylic acids is 3. The molecule has 1 amide bonds. The van der Waals surface area contributed by atoms with Gasteiger partial charge in [-0.05, 0) is 32.0 Å². The van der Waals surface area contributed by atoms with Gasteiger partial charge in [0.2, 0.25) is 0 Å². The third kappa shape index (κ3) is 2.92. The van der Waals surface area contributed by atoms with Crippen LogP contribution in [-0.2, 0) is 14.3 Å². The molecule has 7 heteroatoms. The first-order valence-corrected chi connectivity index (χ1v) is 7.14. The van der Waals surface area contributed by atoms with E-state index in [-0.39, 0.29) is 24.1 Å². The summed E-state index contributed by atoms with van der Waals surface area (Å²) in [6.45, 7) is 2.97. The van der Waals surface area contributed by atoms with E-state index in [9.17, 15) is 14.4 Å². The Morgan fingerprint density at radius 3 is 2.64 bits per heavy atom. The number of rotatable bonds is 4. The molecule has 1 heterocycles. The van der Waals surface area contributed by atoms with Crippen LogP contribution in [0.15, 0.2) is 18.2 Å². The number of halogens is 1. The van der Waals surface area contributed by atoms with E-state index in [0.29, 0.717) is 17.0 Å². The zero-order chi connectivity index (χ0) is 16.5. The third-order valence-corrected chi connectivity index (χ3v) is 3.58. The molecule has 2 rings (SSSR count). The number of ketones is 1. The molecule has 0 radical (unpaired) electrons. The van der Waals surface area contributed by atoms with Gasteiger partial charge in [0.25, 0.3) is 5.91 Å². The van der Waals surface area contributed by atoms with E-state index in [1.807, 2.05) is 0 Å². The van der Waals surface area contributed by atoms with E-state index in [1.54, 1.807) is 26.0 Å². The Bertz CT molecular complexity index is 641. The van der Waals surface area contributed by atoms with E-state index in [1.165, 1.54) is 18.1 Å². The van der Waals surface area contributed by atoms with Crippen LogP contribution in [0.2, 0.25) is 0 Å². The molecule has 0 N–H and O–H groups in total. The summed E-state index contributed by atoms with van der Waals surface area (Å²) in [6, 6.07) is 4.66. The van der Waals surface area contributed by atoms with Crippen LogP contribution < -0.4 is 9.64 Å². The van der Waals surface area contributed by atoms with Crippen LogP contribution in [0, 0.1) is 0 Å². The number of methoxy groups -OCH3 is 1. The van der Waals surface area contributed by atoms with Crippen LogP contribution in [0.25, 0.3) is 0 Å². The van der Waals surface area contributed by atoms with Crippen LogP contribution in [-0.4, -0.2) is 42.8 Å². The predicted octanol–water partition coefficient (Wildman–Crippen LogP) is 1.79. The number of esters is 1. The smallest absolute Gasteiger partial charge is 0.325 e. The SMILES string of the molecule is COC(=O)CN1C(=O)C(C)(C)Oc2ccc(C(=O)CCl)cc21. The molecular formula is C15H16ClNO5. The molecule has 0 saturated carbocycles. The van der Waals surface area contributed by atoms with Crippen molar-refractivity contribution in [2.24, 2.45) is 0 Å². The van der Waals surface area contributed by atoms with E-state index in [4.69, 9.17) is 16.3 Å². The van der Waals surface area contributed by atoms with Gasteiger partial charge < -0.3 is 9.47 Å². The average Bonchev–Trinajstić information content (AvgIpc) is 2.50. The number of hydrogen-bond acceptors (Lipinski definition) is 5. The summed E-state index contributed by atoms with van der Waals surface area (Å²) >= 11 is 5.55. The van der Waals surface area contributed by atoms with E-state index < -0.39 is 11.6 Å². The molecule has 0 unspecified atom stereocenters. The van der Waals surface area contributed by atoms with Gasteiger partial charge in [0.05, 0.1) is 18.7 Å². The van der Waals surface area contributed by atoms with Crippen molar-refractivity contribution in [2.75, 3.05) is 24.4 Å². The number of benzene rings is 1. The lowest BCUT2D eigenvalue weighted by molar-refractivity contribution is -0.142. The molecule has 0 bridgehead atoms. The Morgan fingerprint density at radius 2 is 2.05 bits per heavy atom. The van der Waals surface area contributed by atoms with Crippen molar-refractivity contribution in [3.05, 3.63) is 23.8 Å². The molecule has 118 valence electrons. The minimum absolute atomic E-state index is 0.171. The van der Waals surface area contributed by atoms with Crippen molar-refractivity contribution < 1.29 is 23.9 Å². The van der Waals surface area contributed by atoms with Gasteiger partial charge >= 0.3 is 5.97 Å². The zero-order valence-electron chi connectivity index (χ0n) is 12.5. The Hall–Kier alpha value is -2.08. The van der Waals surface area contributed by atoms with Crippen LogP contribution in [0.3, 0.4) is 0 Å². The molecule has 1 aromatic carbocycles. The summed E-state index contributed by atoms with van der Waals surface area (Å²) in [6.07, 6.45) is 0. The van der Waals surface area contributed by atoms with E-state index in [2.05, 4.69) is 4.74 Å². The Labute approximate surface area is 132 Å². The van der Waals surface area contributed by atoms with Gasteiger partial charge in [0.1, 0.15) is 12.3 Å². The summed E-state index contributed by atoms with van der Waals surface area (Å²) in [4.78, 5) is 37.1. The first kappa shape index (κ1) is 16.3. The Kier molecular flexibility index (Phi) is 4.42. The van der Waals surface area contributed by atoms with Gasteiger partial charge in [-0.25, -0.2) is 0 Å². The zero-order valence-corrected chi connectivity index (χ0v) is 13.3. The predicted molar refractivity (Wildman–Crippen MR) is 80.6 cm³/mol. The number of alkyl halides is 1. The summed E-state index contributed by atoms with van der Waals surface area (Å²) in [7, 11) is 1.24. The van der Waals surface area contributed by atoms with Crippen LogP contribution in [0.4, 0.5) is 5.69 Å². The lowest BCUT2D eigenvalue weighted by Crippen LogP contribution is -2.54. The summed E-state index contributed by atoms with van der Waals surface area (Å²) in [5.74, 6) is -0.984. The number of carbonyl (C=O) groups is 3. The number of amides is 1. The fourth-order valence-corrected chi connectivity index (χ4v) is 2.32. The van der Waals surface area contributed by atoms with Crippen molar-refractivity contribution in [1.29, 1.82) is 0 Å². The van der Waals surface area contributed by atoms with Crippen LogP contribution >= 0.6 is 11.6 Å². The van der Waals surface area contributed by atoms with Crippen LogP contribution in [0.1, 0.15) is 24.2 Å². The second-order valence-electron chi connectivity index (χ2n) is 5.32. The topological polar surface area (TPSA) is 72.9 Å². The maximum Gasteiger partial charge on any atom is 0.325 e. The molecule has 0 atom stereocenters. The summed E-state index contributed by atoms with van der Waals surface area (Å²) in [5.41, 5.74) is -0.413. The number of hydrogen-bond donors (Lipinski definition) is 0. The Balaban J connectivity index is 2.50. The number of nitrogens with zero attached hydrogens (tertiary/aromatic N) is 1. The van der Waals surface area contributed by atoms with Crippen molar-refractivity contribution in [3.63, 3.8) is 0 Å². The van der Waals surface area contributed by atoms with E-state index >= 15 is 0 Å². The van der Waals surface area contributed by atoms with Gasteiger partial charge in [-0.2, -0.15) is 0 Å². The van der Waals surface area contributed by atoms with Crippen molar-refractivity contribution in [2.45, 2.75) is 19.4 Å². The monoisotopic (exact) mass is 325 g/mol. The van der Waals surface area contributed by atoms with Crippen molar-refractivity contribution >= 4 is 34.9 Å². The van der Waals surface area contributed by atoms with Crippen molar-refractivity contribution in [3.8, 4) is 5.75 Å². The lowest BCUT2D eigenvalue weighted by Gasteiger charge is -2.38. The number of fused-ring (bicyclic) bond motifs is 1. The molecule has 6 nitrogen and oxygen atoms in total. The standard InChI is InChI=1S/C15H16ClNO5/c1-15(2)14(20)17(8-13(19)21-3)10-6-9(11(18)7-16)4-5-12(10)22-15/h4-6H,7-8H2,1-3H3. The normalized spacial score (nSPS) is 15.8. The molecule has 0 saturated heterocycles. The highest BCUT2D eigenvalue weighted by Gasteiger charge is 2.42. The lowest BCUT2D eigenvalue weighted by atomic mass is 10.0. The quantitative estimate of drug-likeness (QED) is 0.479. The number of Topliss-reactive ketones (excluding diaryl/α,β-unsaturated/α-hetero) is 1. The van der Waals surface area contributed by atoms with Gasteiger partial charge in [-0.1, -0.05) is 0 Å². The van der Waals surface area contributed by atoms with Gasteiger partial charge in [0, 0.05) is 5.56 Å². The molecular weight excluding hydrogens is 310 g/mol. The second kappa shape index (κ2) is 5.96. The van der Waals surface area contributed by atoms with E-state index in [0.717, 1.165) is 0 Å².